The number of nitrogens with zero attached hydrogens (tertiary/aromatic N) is 2. The van der Waals surface area contributed by atoms with E-state index in [0.717, 1.165) is 49.6 Å². The van der Waals surface area contributed by atoms with Crippen molar-refractivity contribution in [3.63, 3.8) is 0 Å². The molecule has 1 unspecified atom stereocenters. The van der Waals surface area contributed by atoms with Gasteiger partial charge in [0.05, 0.1) is 7.11 Å². The summed E-state index contributed by atoms with van der Waals surface area (Å²) >= 11 is 0. The van der Waals surface area contributed by atoms with Crippen molar-refractivity contribution in [2.75, 3.05) is 27.2 Å². The van der Waals surface area contributed by atoms with Crippen LogP contribution in [0.25, 0.3) is 0 Å². The van der Waals surface area contributed by atoms with E-state index in [0.29, 0.717) is 12.5 Å². The summed E-state index contributed by atoms with van der Waals surface area (Å²) in [5, 5.41) is 6.84. The molecule has 1 amide bonds. The van der Waals surface area contributed by atoms with Gasteiger partial charge in [0.2, 0.25) is 5.91 Å². The number of carbonyl (C=O) groups excluding carboxylic acids is 1. The summed E-state index contributed by atoms with van der Waals surface area (Å²) in [6.07, 6.45) is 5.50. The van der Waals surface area contributed by atoms with Gasteiger partial charge < -0.3 is 20.3 Å². The van der Waals surface area contributed by atoms with Gasteiger partial charge in [0.15, 0.2) is 5.96 Å². The molecule has 1 heterocycles. The van der Waals surface area contributed by atoms with E-state index in [-0.39, 0.29) is 12.0 Å². The molecule has 2 fully saturated rings. The Hall–Kier alpha value is -2.24. The molecule has 0 aromatic heterocycles. The van der Waals surface area contributed by atoms with Crippen molar-refractivity contribution in [1.82, 2.24) is 15.5 Å². The summed E-state index contributed by atoms with van der Waals surface area (Å²) < 4.78 is 5.34. The zero-order chi connectivity index (χ0) is 19.2. The van der Waals surface area contributed by atoms with Gasteiger partial charge in [-0.25, -0.2) is 0 Å². The van der Waals surface area contributed by atoms with Crippen LogP contribution >= 0.6 is 0 Å². The first-order valence-corrected chi connectivity index (χ1v) is 9.99. The molecule has 3 rings (SSSR count). The number of nitrogens with one attached hydrogen (secondary N) is 2. The van der Waals surface area contributed by atoms with Crippen LogP contribution < -0.4 is 15.4 Å². The van der Waals surface area contributed by atoms with Gasteiger partial charge in [0, 0.05) is 38.6 Å². The molecule has 148 valence electrons. The number of amides is 1. The maximum Gasteiger partial charge on any atom is 0.225 e. The predicted octanol–water partition coefficient (Wildman–Crippen LogP) is 2.46. The summed E-state index contributed by atoms with van der Waals surface area (Å²) in [6.45, 7) is 4.36. The number of aryl methyl sites for hydroxylation is 1. The SMILES string of the molecule is CN=C(NCc1cc(C)cc(OC)c1)NC1CCN(C(=O)C2CCCC2)C1. The van der Waals surface area contributed by atoms with E-state index in [9.17, 15) is 4.79 Å². The number of benzene rings is 1. The molecular formula is C21H32N4O2. The smallest absolute Gasteiger partial charge is 0.225 e. The Labute approximate surface area is 162 Å². The monoisotopic (exact) mass is 372 g/mol. The van der Waals surface area contributed by atoms with Gasteiger partial charge in [-0.3, -0.25) is 9.79 Å². The van der Waals surface area contributed by atoms with E-state index in [2.05, 4.69) is 28.6 Å². The minimum absolute atomic E-state index is 0.258. The lowest BCUT2D eigenvalue weighted by atomic mass is 10.1. The largest absolute Gasteiger partial charge is 0.497 e. The lowest BCUT2D eigenvalue weighted by molar-refractivity contribution is -0.134. The van der Waals surface area contributed by atoms with E-state index in [1.54, 1.807) is 14.2 Å². The fourth-order valence-corrected chi connectivity index (χ4v) is 4.13. The molecule has 1 aromatic rings. The lowest BCUT2D eigenvalue weighted by Gasteiger charge is -2.21. The van der Waals surface area contributed by atoms with Gasteiger partial charge in [0.1, 0.15) is 5.75 Å². The average Bonchev–Trinajstić information content (AvgIpc) is 3.36. The molecule has 0 radical (unpaired) electrons. The molecule has 6 nitrogen and oxygen atoms in total. The van der Waals surface area contributed by atoms with Crippen molar-refractivity contribution in [3.8, 4) is 5.75 Å². The highest BCUT2D eigenvalue weighted by Crippen LogP contribution is 2.27. The number of aliphatic imine (C=N–C) groups is 1. The third-order valence-electron chi connectivity index (χ3n) is 5.58. The van der Waals surface area contributed by atoms with Crippen molar-refractivity contribution in [3.05, 3.63) is 29.3 Å². The van der Waals surface area contributed by atoms with Crippen molar-refractivity contribution >= 4 is 11.9 Å². The zero-order valence-electron chi connectivity index (χ0n) is 16.8. The molecule has 1 aliphatic carbocycles. The van der Waals surface area contributed by atoms with E-state index in [1.807, 2.05) is 17.0 Å². The maximum absolute atomic E-state index is 12.6. The molecule has 27 heavy (non-hydrogen) atoms. The second-order valence-corrected chi connectivity index (χ2v) is 7.68. The minimum Gasteiger partial charge on any atom is -0.497 e. The van der Waals surface area contributed by atoms with E-state index in [4.69, 9.17) is 4.74 Å². The number of hydrogen-bond donors (Lipinski definition) is 2. The molecule has 2 N–H and O–H groups in total. The molecule has 0 bridgehead atoms. The van der Waals surface area contributed by atoms with Crippen LogP contribution in [0.2, 0.25) is 0 Å². The Morgan fingerprint density at radius 3 is 2.74 bits per heavy atom. The van der Waals surface area contributed by atoms with Gasteiger partial charge in [-0.05, 0) is 49.4 Å². The van der Waals surface area contributed by atoms with Crippen LogP contribution in [0.4, 0.5) is 0 Å². The van der Waals surface area contributed by atoms with Gasteiger partial charge in [-0.2, -0.15) is 0 Å². The summed E-state index contributed by atoms with van der Waals surface area (Å²) in [4.78, 5) is 19.0. The van der Waals surface area contributed by atoms with Crippen molar-refractivity contribution in [2.24, 2.45) is 10.9 Å². The molecule has 0 spiro atoms. The first kappa shape index (κ1) is 19.5. The summed E-state index contributed by atoms with van der Waals surface area (Å²) in [5.74, 6) is 2.26. The summed E-state index contributed by atoms with van der Waals surface area (Å²) in [7, 11) is 3.47. The van der Waals surface area contributed by atoms with Gasteiger partial charge in [-0.15, -0.1) is 0 Å². The fraction of sp³-hybridized carbons (Fsp3) is 0.619. The molecular weight excluding hydrogens is 340 g/mol. The van der Waals surface area contributed by atoms with Crippen molar-refractivity contribution < 1.29 is 9.53 Å². The molecule has 1 atom stereocenters. The lowest BCUT2D eigenvalue weighted by Crippen LogP contribution is -2.45. The molecule has 1 aliphatic heterocycles. The van der Waals surface area contributed by atoms with Gasteiger partial charge in [0.25, 0.3) is 0 Å². The van der Waals surface area contributed by atoms with Crippen molar-refractivity contribution in [1.29, 1.82) is 0 Å². The van der Waals surface area contributed by atoms with Gasteiger partial charge in [-0.1, -0.05) is 18.9 Å². The Bertz CT molecular complexity index is 683. The van der Waals surface area contributed by atoms with Crippen LogP contribution in [-0.4, -0.2) is 50.1 Å². The highest BCUT2D eigenvalue weighted by atomic mass is 16.5. The Balaban J connectivity index is 1.49. The van der Waals surface area contributed by atoms with E-state index >= 15 is 0 Å². The second-order valence-electron chi connectivity index (χ2n) is 7.68. The number of rotatable bonds is 5. The molecule has 1 saturated carbocycles. The van der Waals surface area contributed by atoms with Crippen molar-refractivity contribution in [2.45, 2.75) is 51.6 Å². The first-order valence-electron chi connectivity index (χ1n) is 9.99. The normalized spacial score (nSPS) is 20.8. The molecule has 2 aliphatic rings. The van der Waals surface area contributed by atoms with E-state index in [1.165, 1.54) is 18.4 Å². The summed E-state index contributed by atoms with van der Waals surface area (Å²) in [5.41, 5.74) is 2.32. The Kier molecular flexibility index (Phi) is 6.58. The van der Waals surface area contributed by atoms with E-state index < -0.39 is 0 Å². The molecule has 6 heteroatoms. The van der Waals surface area contributed by atoms with Crippen LogP contribution in [0.1, 0.15) is 43.2 Å². The quantitative estimate of drug-likeness (QED) is 0.616. The van der Waals surface area contributed by atoms with Crippen LogP contribution in [0.15, 0.2) is 23.2 Å². The number of methoxy groups -OCH3 is 1. The topological polar surface area (TPSA) is 66.0 Å². The van der Waals surface area contributed by atoms with Gasteiger partial charge >= 0.3 is 0 Å². The molecule has 1 saturated heterocycles. The predicted molar refractivity (Wildman–Crippen MR) is 108 cm³/mol. The van der Waals surface area contributed by atoms with Crippen LogP contribution in [0.3, 0.4) is 0 Å². The Morgan fingerprint density at radius 2 is 2.04 bits per heavy atom. The second kappa shape index (κ2) is 9.11. The molecule has 1 aromatic carbocycles. The first-order chi connectivity index (χ1) is 13.1. The van der Waals surface area contributed by atoms with Crippen LogP contribution in [0.5, 0.6) is 5.75 Å². The number of likely N-dealkylation sites (tertiary alicyclic amines) is 1. The van der Waals surface area contributed by atoms with Crippen LogP contribution in [-0.2, 0) is 11.3 Å². The number of hydrogen-bond acceptors (Lipinski definition) is 3. The third kappa shape index (κ3) is 5.15. The number of ether oxygens (including phenoxy) is 1. The highest BCUT2D eigenvalue weighted by molar-refractivity contribution is 5.81. The fourth-order valence-electron chi connectivity index (χ4n) is 4.13. The zero-order valence-corrected chi connectivity index (χ0v) is 16.8. The minimum atomic E-state index is 0.258. The Morgan fingerprint density at radius 1 is 1.26 bits per heavy atom. The third-order valence-corrected chi connectivity index (χ3v) is 5.58. The number of guanidine groups is 1. The standard InChI is InChI=1S/C21H32N4O2/c1-15-10-16(12-19(11-15)27-3)13-23-21(22-2)24-18-8-9-25(14-18)20(26)17-6-4-5-7-17/h10-12,17-18H,4-9,13-14H2,1-3H3,(H2,22,23,24). The summed E-state index contributed by atoms with van der Waals surface area (Å²) in [6, 6.07) is 6.45. The highest BCUT2D eigenvalue weighted by Gasteiger charge is 2.32. The maximum atomic E-state index is 12.6. The average molecular weight is 373 g/mol. The van der Waals surface area contributed by atoms with Crippen LogP contribution in [0, 0.1) is 12.8 Å². The number of carbonyl (C=O) groups is 1.